The third-order valence-corrected chi connectivity index (χ3v) is 7.27. The fraction of sp³-hybridized carbons (Fsp3) is 0.556. The second-order valence-electron chi connectivity index (χ2n) is 7.14. The van der Waals surface area contributed by atoms with Gasteiger partial charge in [0.05, 0.1) is 11.5 Å². The molecule has 0 bridgehead atoms. The number of hydrogen-bond donors (Lipinski definition) is 1. The van der Waals surface area contributed by atoms with Gasteiger partial charge in [-0.3, -0.25) is 9.59 Å². The predicted octanol–water partition coefficient (Wildman–Crippen LogP) is 2.40. The molecule has 8 heteroatoms. The number of hydrogen-bond acceptors (Lipinski definition) is 4. The van der Waals surface area contributed by atoms with E-state index in [0.717, 1.165) is 5.56 Å². The first-order valence-electron chi connectivity index (χ1n) is 8.77. The van der Waals surface area contributed by atoms with Crippen LogP contribution < -0.4 is 5.32 Å². The Morgan fingerprint density at radius 3 is 2.54 bits per heavy atom. The van der Waals surface area contributed by atoms with Gasteiger partial charge in [0, 0.05) is 23.3 Å². The second-order valence-corrected chi connectivity index (χ2v) is 9.81. The van der Waals surface area contributed by atoms with Gasteiger partial charge in [-0.15, -0.1) is 0 Å². The molecule has 1 heterocycles. The fourth-order valence-electron chi connectivity index (χ4n) is 3.54. The largest absolute Gasteiger partial charge is 0.338 e. The summed E-state index contributed by atoms with van der Waals surface area (Å²) in [6.07, 6.45) is 1.41. The Bertz CT molecular complexity index is 849. The number of carbonyl (C=O) groups is 2. The van der Waals surface area contributed by atoms with E-state index in [9.17, 15) is 18.0 Å². The van der Waals surface area contributed by atoms with Crippen molar-refractivity contribution in [2.24, 2.45) is 5.41 Å². The summed E-state index contributed by atoms with van der Waals surface area (Å²) < 4.78 is 23.5. The standard InChI is InChI=1S/C18H23ClN2O4S/c1-3-21(14-6-9-26(24,25)11-14)17(23)18(7-8-18)16(22)20-15-5-4-13(19)10-12(15)2/h4-5,10,14H,3,6-9,11H2,1-2H3,(H,20,22). The summed E-state index contributed by atoms with van der Waals surface area (Å²) >= 11 is 5.94. The molecule has 26 heavy (non-hydrogen) atoms. The first-order valence-corrected chi connectivity index (χ1v) is 11.0. The van der Waals surface area contributed by atoms with Crippen LogP contribution in [0.3, 0.4) is 0 Å². The molecule has 1 aromatic rings. The number of nitrogens with zero attached hydrogens (tertiary/aromatic N) is 1. The molecular weight excluding hydrogens is 376 g/mol. The Kier molecular flexibility index (Phi) is 5.05. The first-order chi connectivity index (χ1) is 12.2. The van der Waals surface area contributed by atoms with E-state index in [1.165, 1.54) is 0 Å². The van der Waals surface area contributed by atoms with Gasteiger partial charge in [0.1, 0.15) is 5.41 Å². The van der Waals surface area contributed by atoms with Gasteiger partial charge in [0.15, 0.2) is 9.84 Å². The van der Waals surface area contributed by atoms with Crippen molar-refractivity contribution in [1.29, 1.82) is 0 Å². The summed E-state index contributed by atoms with van der Waals surface area (Å²) in [7, 11) is -3.09. The molecule has 0 radical (unpaired) electrons. The van der Waals surface area contributed by atoms with Crippen molar-refractivity contribution in [2.45, 2.75) is 39.2 Å². The molecule has 1 atom stereocenters. The maximum Gasteiger partial charge on any atom is 0.240 e. The number of amides is 2. The van der Waals surface area contributed by atoms with Crippen LogP contribution in [0.1, 0.15) is 31.7 Å². The van der Waals surface area contributed by atoms with Gasteiger partial charge in [0.2, 0.25) is 11.8 Å². The molecule has 2 aliphatic rings. The summed E-state index contributed by atoms with van der Waals surface area (Å²) in [5.74, 6) is -0.496. The van der Waals surface area contributed by atoms with Gasteiger partial charge in [-0.05, 0) is 56.9 Å². The van der Waals surface area contributed by atoms with Crippen molar-refractivity contribution in [2.75, 3.05) is 23.4 Å². The quantitative estimate of drug-likeness (QED) is 0.772. The summed E-state index contributed by atoms with van der Waals surface area (Å²) in [4.78, 5) is 27.5. The predicted molar refractivity (Wildman–Crippen MR) is 101 cm³/mol. The molecule has 0 spiro atoms. The molecule has 1 N–H and O–H groups in total. The zero-order valence-corrected chi connectivity index (χ0v) is 16.5. The van der Waals surface area contributed by atoms with Crippen molar-refractivity contribution in [3.8, 4) is 0 Å². The van der Waals surface area contributed by atoms with E-state index in [1.807, 2.05) is 13.8 Å². The van der Waals surface area contributed by atoms with Crippen LogP contribution in [0, 0.1) is 12.3 Å². The highest BCUT2D eigenvalue weighted by atomic mass is 35.5. The van der Waals surface area contributed by atoms with Crippen molar-refractivity contribution in [3.05, 3.63) is 28.8 Å². The molecule has 0 aromatic heterocycles. The van der Waals surface area contributed by atoms with Gasteiger partial charge in [0.25, 0.3) is 0 Å². The van der Waals surface area contributed by atoms with Gasteiger partial charge < -0.3 is 10.2 Å². The lowest BCUT2D eigenvalue weighted by molar-refractivity contribution is -0.143. The number of carbonyl (C=O) groups excluding carboxylic acids is 2. The van der Waals surface area contributed by atoms with E-state index in [4.69, 9.17) is 11.6 Å². The van der Waals surface area contributed by atoms with Gasteiger partial charge in [-0.1, -0.05) is 11.6 Å². The van der Waals surface area contributed by atoms with Crippen LogP contribution in [0.25, 0.3) is 0 Å². The molecule has 1 unspecified atom stereocenters. The van der Waals surface area contributed by atoms with Crippen LogP contribution in [0.5, 0.6) is 0 Å². The minimum Gasteiger partial charge on any atom is -0.338 e. The minimum atomic E-state index is -3.09. The summed E-state index contributed by atoms with van der Waals surface area (Å²) in [6.45, 7) is 4.05. The highest BCUT2D eigenvalue weighted by Gasteiger charge is 2.59. The maximum absolute atomic E-state index is 13.1. The molecule has 2 fully saturated rings. The molecule has 142 valence electrons. The Balaban J connectivity index is 1.76. The van der Waals surface area contributed by atoms with Crippen LogP contribution in [-0.4, -0.2) is 49.2 Å². The molecule has 1 saturated heterocycles. The highest BCUT2D eigenvalue weighted by Crippen LogP contribution is 2.49. The Morgan fingerprint density at radius 1 is 1.35 bits per heavy atom. The SMILES string of the molecule is CCN(C(=O)C1(C(=O)Nc2ccc(Cl)cc2C)CC1)C1CCS(=O)(=O)C1. The average molecular weight is 399 g/mol. The van der Waals surface area contributed by atoms with Crippen molar-refractivity contribution < 1.29 is 18.0 Å². The lowest BCUT2D eigenvalue weighted by Crippen LogP contribution is -2.48. The topological polar surface area (TPSA) is 83.6 Å². The van der Waals surface area contributed by atoms with Crippen molar-refractivity contribution in [3.63, 3.8) is 0 Å². The molecule has 6 nitrogen and oxygen atoms in total. The van der Waals surface area contributed by atoms with Crippen LogP contribution in [0.15, 0.2) is 18.2 Å². The Morgan fingerprint density at radius 2 is 2.04 bits per heavy atom. The average Bonchev–Trinajstić information content (AvgIpc) is 3.30. The first kappa shape index (κ1) is 19.2. The van der Waals surface area contributed by atoms with Crippen LogP contribution in [-0.2, 0) is 19.4 Å². The molecule has 1 aliphatic carbocycles. The number of rotatable bonds is 5. The van der Waals surface area contributed by atoms with Crippen molar-refractivity contribution >= 4 is 38.9 Å². The smallest absolute Gasteiger partial charge is 0.240 e. The van der Waals surface area contributed by atoms with E-state index in [1.54, 1.807) is 23.1 Å². The molecule has 1 saturated carbocycles. The highest BCUT2D eigenvalue weighted by molar-refractivity contribution is 7.91. The number of sulfone groups is 1. The van der Waals surface area contributed by atoms with E-state index < -0.39 is 15.3 Å². The van der Waals surface area contributed by atoms with Crippen LogP contribution in [0.2, 0.25) is 5.02 Å². The van der Waals surface area contributed by atoms with Gasteiger partial charge in [-0.25, -0.2) is 8.42 Å². The van der Waals surface area contributed by atoms with E-state index >= 15 is 0 Å². The fourth-order valence-corrected chi connectivity index (χ4v) is 5.49. The monoisotopic (exact) mass is 398 g/mol. The van der Waals surface area contributed by atoms with E-state index in [2.05, 4.69) is 5.32 Å². The Labute approximate surface area is 158 Å². The summed E-state index contributed by atoms with van der Waals surface area (Å²) in [6, 6.07) is 4.82. The second kappa shape index (κ2) is 6.85. The number of nitrogens with one attached hydrogen (secondary N) is 1. The van der Waals surface area contributed by atoms with E-state index in [0.29, 0.717) is 36.5 Å². The van der Waals surface area contributed by atoms with Crippen LogP contribution >= 0.6 is 11.6 Å². The third kappa shape index (κ3) is 3.60. The van der Waals surface area contributed by atoms with Crippen molar-refractivity contribution in [1.82, 2.24) is 4.90 Å². The third-order valence-electron chi connectivity index (χ3n) is 5.28. The summed E-state index contributed by atoms with van der Waals surface area (Å²) in [5.41, 5.74) is 0.377. The molecule has 3 rings (SSSR count). The maximum atomic E-state index is 13.1. The number of halogens is 1. The van der Waals surface area contributed by atoms with Gasteiger partial charge in [-0.2, -0.15) is 0 Å². The molecular formula is C18H23ClN2O4S. The number of benzene rings is 1. The number of anilines is 1. The number of aryl methyl sites for hydroxylation is 1. The molecule has 1 aliphatic heterocycles. The minimum absolute atomic E-state index is 0.0133. The van der Waals surface area contributed by atoms with E-state index in [-0.39, 0.29) is 29.4 Å². The molecule has 2 amide bonds. The summed E-state index contributed by atoms with van der Waals surface area (Å²) in [5, 5.41) is 3.42. The lowest BCUT2D eigenvalue weighted by atomic mass is 10.0. The Hall–Kier alpha value is -1.60. The lowest BCUT2D eigenvalue weighted by Gasteiger charge is -2.30. The zero-order chi connectivity index (χ0) is 19.1. The zero-order valence-electron chi connectivity index (χ0n) is 14.9. The van der Waals surface area contributed by atoms with Crippen LogP contribution in [0.4, 0.5) is 5.69 Å². The van der Waals surface area contributed by atoms with Gasteiger partial charge >= 0.3 is 0 Å². The molecule has 1 aromatic carbocycles. The normalized spacial score (nSPS) is 22.7.